The number of aromatic nitrogens is 4. The molecule has 1 aliphatic carbocycles. The van der Waals surface area contributed by atoms with Crippen LogP contribution in [-0.4, -0.2) is 73.2 Å². The lowest BCUT2D eigenvalue weighted by Crippen LogP contribution is -2.56. The third-order valence-electron chi connectivity index (χ3n) is 6.25. The minimum atomic E-state index is -0.581. The summed E-state index contributed by atoms with van der Waals surface area (Å²) in [6.45, 7) is 8.48. The van der Waals surface area contributed by atoms with Gasteiger partial charge in [-0.1, -0.05) is 11.6 Å². The molecule has 0 spiro atoms. The summed E-state index contributed by atoms with van der Waals surface area (Å²) in [4.78, 5) is 38.5. The van der Waals surface area contributed by atoms with Crippen molar-refractivity contribution in [2.45, 2.75) is 58.1 Å². The van der Waals surface area contributed by atoms with Crippen LogP contribution in [0.3, 0.4) is 0 Å². The Bertz CT molecular complexity index is 1310. The van der Waals surface area contributed by atoms with E-state index in [-0.39, 0.29) is 23.9 Å². The smallest absolute Gasteiger partial charge is 0.410 e. The molecule has 2 fully saturated rings. The molecule has 3 aromatic rings. The summed E-state index contributed by atoms with van der Waals surface area (Å²) >= 11 is 6.24. The van der Waals surface area contributed by atoms with Crippen molar-refractivity contribution < 1.29 is 14.3 Å². The molecule has 1 saturated carbocycles. The highest BCUT2D eigenvalue weighted by Crippen LogP contribution is 2.40. The van der Waals surface area contributed by atoms with Crippen LogP contribution in [0.5, 0.6) is 0 Å². The Balaban J connectivity index is 1.38. The number of H-pyrrole nitrogens is 1. The number of hydrogen-bond donors (Lipinski definition) is 2. The van der Waals surface area contributed by atoms with E-state index >= 15 is 0 Å². The molecule has 2 aromatic heterocycles. The van der Waals surface area contributed by atoms with Gasteiger partial charge in [0.25, 0.3) is 5.91 Å². The Hall–Kier alpha value is -3.40. The summed E-state index contributed by atoms with van der Waals surface area (Å²) in [5.74, 6) is 1.38. The van der Waals surface area contributed by atoms with Crippen LogP contribution in [0.15, 0.2) is 24.3 Å². The lowest BCUT2D eigenvalue weighted by Gasteiger charge is -2.39. The molecule has 2 amide bonds. The van der Waals surface area contributed by atoms with Crippen molar-refractivity contribution >= 4 is 46.1 Å². The highest BCUT2D eigenvalue weighted by atomic mass is 35.5. The number of nitrogens with one attached hydrogen (secondary N) is 2. The monoisotopic (exact) mass is 511 g/mol. The molecule has 0 bridgehead atoms. The summed E-state index contributed by atoms with van der Waals surface area (Å²) in [6, 6.07) is 7.03. The summed E-state index contributed by atoms with van der Waals surface area (Å²) in [6.07, 6.45) is 1.94. The van der Waals surface area contributed by atoms with E-state index in [1.165, 1.54) is 0 Å². The van der Waals surface area contributed by atoms with Gasteiger partial charge in [-0.2, -0.15) is 5.10 Å². The van der Waals surface area contributed by atoms with Crippen LogP contribution in [-0.2, 0) is 4.74 Å². The van der Waals surface area contributed by atoms with Crippen LogP contribution in [0.4, 0.5) is 16.4 Å². The van der Waals surface area contributed by atoms with Crippen molar-refractivity contribution in [2.24, 2.45) is 0 Å². The van der Waals surface area contributed by atoms with Gasteiger partial charge in [0, 0.05) is 53.8 Å². The fourth-order valence-electron chi connectivity index (χ4n) is 4.29. The van der Waals surface area contributed by atoms with E-state index in [1.807, 2.05) is 33.8 Å². The second-order valence-corrected chi connectivity index (χ2v) is 10.9. The Labute approximate surface area is 214 Å². The SMILES string of the molecule is CC1CN(C(=O)c2nc(Nc3cc(C4CC4)[nH]n3)c3cc(Cl)ccc3n2)CCN1C(=O)OC(C)(C)C. The van der Waals surface area contributed by atoms with Crippen LogP contribution in [0.1, 0.15) is 62.8 Å². The number of ether oxygens (including phenoxy) is 1. The zero-order chi connectivity index (χ0) is 25.6. The molecule has 0 radical (unpaired) electrons. The lowest BCUT2D eigenvalue weighted by molar-refractivity contribution is 0.00182. The van der Waals surface area contributed by atoms with E-state index in [4.69, 9.17) is 16.3 Å². The molecule has 11 heteroatoms. The zero-order valence-corrected chi connectivity index (χ0v) is 21.6. The van der Waals surface area contributed by atoms with Gasteiger partial charge in [0.05, 0.1) is 5.52 Å². The molecular weight excluding hydrogens is 482 g/mol. The maximum Gasteiger partial charge on any atom is 0.410 e. The first-order valence-electron chi connectivity index (χ1n) is 12.2. The standard InChI is InChI=1S/C25H30ClN7O3/c1-14-13-32(9-10-33(14)24(35)36-25(2,3)4)23(34)22-27-18-8-7-16(26)11-17(18)21(29-22)28-20-12-19(30-31-20)15-5-6-15/h7-8,11-12,14-15H,5-6,9-10,13H2,1-4H3,(H2,27,28,29,30,31). The molecule has 2 N–H and O–H groups in total. The average Bonchev–Trinajstić information content (AvgIpc) is 3.56. The van der Waals surface area contributed by atoms with Crippen molar-refractivity contribution in [3.05, 3.63) is 40.8 Å². The first-order valence-corrected chi connectivity index (χ1v) is 12.5. The number of halogens is 1. The van der Waals surface area contributed by atoms with Crippen molar-refractivity contribution in [1.82, 2.24) is 30.0 Å². The molecule has 10 nitrogen and oxygen atoms in total. The third-order valence-corrected chi connectivity index (χ3v) is 6.49. The molecule has 3 heterocycles. The second kappa shape index (κ2) is 9.24. The van der Waals surface area contributed by atoms with E-state index in [9.17, 15) is 9.59 Å². The minimum absolute atomic E-state index is 0.0724. The molecule has 1 unspecified atom stereocenters. The normalized spacial score (nSPS) is 18.4. The maximum absolute atomic E-state index is 13.5. The molecule has 1 saturated heterocycles. The molecule has 1 atom stereocenters. The van der Waals surface area contributed by atoms with Gasteiger partial charge in [0.15, 0.2) is 5.82 Å². The number of fused-ring (bicyclic) bond motifs is 1. The number of carbonyl (C=O) groups excluding carboxylic acids is 2. The number of carbonyl (C=O) groups is 2. The molecule has 5 rings (SSSR count). The van der Waals surface area contributed by atoms with Crippen molar-refractivity contribution in [2.75, 3.05) is 25.0 Å². The number of aromatic amines is 1. The third kappa shape index (κ3) is 5.23. The molecule has 190 valence electrons. The van der Waals surface area contributed by atoms with E-state index in [2.05, 4.69) is 25.5 Å². The van der Waals surface area contributed by atoms with Crippen LogP contribution >= 0.6 is 11.6 Å². The molecule has 1 aromatic carbocycles. The second-order valence-electron chi connectivity index (χ2n) is 10.4. The van der Waals surface area contributed by atoms with Crippen molar-refractivity contribution in [1.29, 1.82) is 0 Å². The van der Waals surface area contributed by atoms with Gasteiger partial charge < -0.3 is 19.9 Å². The highest BCUT2D eigenvalue weighted by Gasteiger charge is 2.34. The molecular formula is C25H30ClN7O3. The maximum atomic E-state index is 13.5. The zero-order valence-electron chi connectivity index (χ0n) is 20.8. The highest BCUT2D eigenvalue weighted by molar-refractivity contribution is 6.31. The number of piperazine rings is 1. The van der Waals surface area contributed by atoms with Gasteiger partial charge >= 0.3 is 6.09 Å². The van der Waals surface area contributed by atoms with Gasteiger partial charge in [0.1, 0.15) is 11.4 Å². The first-order chi connectivity index (χ1) is 17.1. The van der Waals surface area contributed by atoms with Crippen LogP contribution in [0.2, 0.25) is 5.02 Å². The predicted octanol–water partition coefficient (Wildman–Crippen LogP) is 4.71. The van der Waals surface area contributed by atoms with Crippen LogP contribution in [0.25, 0.3) is 10.9 Å². The van der Waals surface area contributed by atoms with E-state index in [0.29, 0.717) is 53.1 Å². The minimum Gasteiger partial charge on any atom is -0.444 e. The topological polar surface area (TPSA) is 116 Å². The number of benzene rings is 1. The number of rotatable bonds is 4. The predicted molar refractivity (Wildman–Crippen MR) is 137 cm³/mol. The lowest BCUT2D eigenvalue weighted by atomic mass is 10.2. The van der Waals surface area contributed by atoms with Crippen LogP contribution < -0.4 is 5.32 Å². The summed E-state index contributed by atoms with van der Waals surface area (Å²) in [5.41, 5.74) is 1.10. The Kier molecular flexibility index (Phi) is 6.23. The van der Waals surface area contributed by atoms with Gasteiger partial charge in [0.2, 0.25) is 5.82 Å². The molecule has 2 aliphatic rings. The Morgan fingerprint density at radius 3 is 2.64 bits per heavy atom. The van der Waals surface area contributed by atoms with E-state index in [0.717, 1.165) is 18.5 Å². The van der Waals surface area contributed by atoms with Crippen molar-refractivity contribution in [3.8, 4) is 0 Å². The van der Waals surface area contributed by atoms with Crippen molar-refractivity contribution in [3.63, 3.8) is 0 Å². The quantitative estimate of drug-likeness (QED) is 0.521. The fourth-order valence-corrected chi connectivity index (χ4v) is 4.46. The van der Waals surface area contributed by atoms with E-state index < -0.39 is 5.60 Å². The summed E-state index contributed by atoms with van der Waals surface area (Å²) in [7, 11) is 0. The molecule has 1 aliphatic heterocycles. The van der Waals surface area contributed by atoms with Gasteiger partial charge in [-0.25, -0.2) is 14.8 Å². The summed E-state index contributed by atoms with van der Waals surface area (Å²) < 4.78 is 5.51. The Morgan fingerprint density at radius 1 is 1.17 bits per heavy atom. The average molecular weight is 512 g/mol. The first kappa shape index (κ1) is 24.3. The number of hydrogen-bond acceptors (Lipinski definition) is 7. The number of amides is 2. The summed E-state index contributed by atoms with van der Waals surface area (Å²) in [5, 5.41) is 11.9. The number of anilines is 2. The molecule has 36 heavy (non-hydrogen) atoms. The largest absolute Gasteiger partial charge is 0.444 e. The van der Waals surface area contributed by atoms with Gasteiger partial charge in [-0.15, -0.1) is 0 Å². The Morgan fingerprint density at radius 2 is 1.94 bits per heavy atom. The van der Waals surface area contributed by atoms with E-state index in [1.54, 1.807) is 28.0 Å². The van der Waals surface area contributed by atoms with Crippen LogP contribution in [0, 0.1) is 0 Å². The fraction of sp³-hybridized carbons (Fsp3) is 0.480. The van der Waals surface area contributed by atoms with Gasteiger partial charge in [-0.3, -0.25) is 9.89 Å². The number of nitrogens with zero attached hydrogens (tertiary/aromatic N) is 5. The van der Waals surface area contributed by atoms with Gasteiger partial charge in [-0.05, 0) is 58.7 Å².